The summed E-state index contributed by atoms with van der Waals surface area (Å²) in [7, 11) is 1.46. The highest BCUT2D eigenvalue weighted by Crippen LogP contribution is 2.30. The summed E-state index contributed by atoms with van der Waals surface area (Å²) in [6.45, 7) is 2.28. The monoisotopic (exact) mass is 458 g/mol. The fraction of sp³-hybridized carbons (Fsp3) is 0.375. The van der Waals surface area contributed by atoms with Gasteiger partial charge in [0.15, 0.2) is 11.5 Å². The number of nitrogens with one attached hydrogen (secondary N) is 2. The third kappa shape index (κ3) is 8.12. The molecular weight excluding hydrogens is 428 g/mol. The Balaban J connectivity index is 1.98. The van der Waals surface area contributed by atoms with E-state index in [1.807, 2.05) is 6.92 Å². The minimum absolute atomic E-state index is 0.0328. The van der Waals surface area contributed by atoms with E-state index in [0.717, 1.165) is 11.1 Å². The summed E-state index contributed by atoms with van der Waals surface area (Å²) in [5, 5.41) is 33.8. The zero-order chi connectivity index (χ0) is 24.4. The third-order valence-electron chi connectivity index (χ3n) is 5.33. The molecule has 0 spiro atoms. The van der Waals surface area contributed by atoms with Crippen LogP contribution in [0.25, 0.3) is 0 Å². The number of aliphatic carboxylic acids is 2. The molecule has 2 aromatic carbocycles. The minimum atomic E-state index is -1.20. The average molecular weight is 459 g/mol. The van der Waals surface area contributed by atoms with Crippen LogP contribution in [-0.2, 0) is 20.8 Å². The maximum atomic E-state index is 12.7. The van der Waals surface area contributed by atoms with Gasteiger partial charge in [0.2, 0.25) is 5.91 Å². The lowest BCUT2D eigenvalue weighted by atomic mass is 9.97. The molecule has 0 saturated carbocycles. The number of carbonyl (C=O) groups is 3. The molecule has 2 rings (SSSR count). The highest BCUT2D eigenvalue weighted by atomic mass is 16.5. The second kappa shape index (κ2) is 12.4. The molecule has 0 aromatic heterocycles. The third-order valence-corrected chi connectivity index (χ3v) is 5.33. The number of methoxy groups -OCH3 is 1. The molecule has 178 valence electrons. The van der Waals surface area contributed by atoms with E-state index in [1.165, 1.54) is 13.2 Å². The summed E-state index contributed by atoms with van der Waals surface area (Å²) in [5.41, 5.74) is 1.66. The normalized spacial score (nSPS) is 13.5. The molecule has 0 aliphatic heterocycles. The summed E-state index contributed by atoms with van der Waals surface area (Å²) in [5.74, 6) is -2.63. The van der Waals surface area contributed by atoms with Gasteiger partial charge >= 0.3 is 11.9 Å². The van der Waals surface area contributed by atoms with Crippen molar-refractivity contribution in [2.75, 3.05) is 13.7 Å². The Labute approximate surface area is 192 Å². The van der Waals surface area contributed by atoms with E-state index in [-0.39, 0.29) is 18.1 Å². The topological polar surface area (TPSA) is 145 Å². The number of hydrogen-bond donors (Lipinski definition) is 5. The van der Waals surface area contributed by atoms with Crippen LogP contribution in [0.1, 0.15) is 36.8 Å². The van der Waals surface area contributed by atoms with Crippen molar-refractivity contribution in [1.82, 2.24) is 10.6 Å². The van der Waals surface area contributed by atoms with Gasteiger partial charge in [-0.1, -0.05) is 43.3 Å². The van der Waals surface area contributed by atoms with Gasteiger partial charge in [0, 0.05) is 6.42 Å². The Morgan fingerprint density at radius 1 is 1.03 bits per heavy atom. The van der Waals surface area contributed by atoms with E-state index < -0.39 is 36.4 Å². The van der Waals surface area contributed by atoms with Crippen LogP contribution < -0.4 is 15.4 Å². The number of benzene rings is 2. The maximum Gasteiger partial charge on any atom is 0.326 e. The van der Waals surface area contributed by atoms with Crippen molar-refractivity contribution < 1.29 is 34.4 Å². The molecule has 0 heterocycles. The van der Waals surface area contributed by atoms with Crippen molar-refractivity contribution in [2.24, 2.45) is 0 Å². The van der Waals surface area contributed by atoms with Crippen molar-refractivity contribution in [2.45, 2.75) is 44.2 Å². The number of phenolic OH excluding ortho intramolecular Hbond substituents is 1. The van der Waals surface area contributed by atoms with Gasteiger partial charge in [0.25, 0.3) is 0 Å². The van der Waals surface area contributed by atoms with Crippen molar-refractivity contribution in [1.29, 1.82) is 0 Å². The molecule has 3 atom stereocenters. The molecule has 9 nitrogen and oxygen atoms in total. The molecule has 5 N–H and O–H groups in total. The minimum Gasteiger partial charge on any atom is -0.504 e. The van der Waals surface area contributed by atoms with E-state index in [0.29, 0.717) is 18.7 Å². The number of aromatic hydroxyl groups is 1. The van der Waals surface area contributed by atoms with Gasteiger partial charge in [0.1, 0.15) is 6.04 Å². The number of carboxylic acids is 2. The zero-order valence-electron chi connectivity index (χ0n) is 18.7. The molecule has 1 unspecified atom stereocenters. The Hall–Kier alpha value is -3.59. The van der Waals surface area contributed by atoms with Crippen molar-refractivity contribution in [3.8, 4) is 11.5 Å². The number of carboxylic acid groups (broad SMARTS) is 2. The first-order valence-electron chi connectivity index (χ1n) is 10.6. The van der Waals surface area contributed by atoms with Gasteiger partial charge in [0.05, 0.1) is 19.6 Å². The maximum absolute atomic E-state index is 12.7. The van der Waals surface area contributed by atoms with Crippen LogP contribution in [0, 0.1) is 0 Å². The average Bonchev–Trinajstić information content (AvgIpc) is 2.78. The first-order chi connectivity index (χ1) is 15.7. The van der Waals surface area contributed by atoms with Crippen molar-refractivity contribution in [3.05, 3.63) is 59.7 Å². The molecule has 9 heteroatoms. The summed E-state index contributed by atoms with van der Waals surface area (Å²) in [6, 6.07) is 11.6. The predicted octanol–water partition coefficient (Wildman–Crippen LogP) is 2.14. The predicted molar refractivity (Wildman–Crippen MR) is 121 cm³/mol. The van der Waals surface area contributed by atoms with E-state index >= 15 is 0 Å². The highest BCUT2D eigenvalue weighted by Gasteiger charge is 2.27. The van der Waals surface area contributed by atoms with Crippen LogP contribution in [0.15, 0.2) is 48.5 Å². The van der Waals surface area contributed by atoms with Crippen molar-refractivity contribution in [3.63, 3.8) is 0 Å². The number of hydrogen-bond acceptors (Lipinski definition) is 6. The lowest BCUT2D eigenvalue weighted by Crippen LogP contribution is -2.51. The summed E-state index contributed by atoms with van der Waals surface area (Å²) in [6.07, 6.45) is 0.177. The molecule has 0 saturated heterocycles. The van der Waals surface area contributed by atoms with Gasteiger partial charge in [-0.15, -0.1) is 0 Å². The Kier molecular flexibility index (Phi) is 9.68. The molecule has 0 radical (unpaired) electrons. The van der Waals surface area contributed by atoms with E-state index in [4.69, 9.17) is 4.74 Å². The lowest BCUT2D eigenvalue weighted by Gasteiger charge is -2.21. The van der Waals surface area contributed by atoms with Crippen LogP contribution in [-0.4, -0.2) is 58.9 Å². The first kappa shape index (κ1) is 25.7. The molecule has 33 heavy (non-hydrogen) atoms. The largest absolute Gasteiger partial charge is 0.504 e. The van der Waals surface area contributed by atoms with E-state index in [9.17, 15) is 29.7 Å². The Bertz CT molecular complexity index is 949. The summed E-state index contributed by atoms with van der Waals surface area (Å²) >= 11 is 0. The quantitative estimate of drug-likeness (QED) is 0.307. The Morgan fingerprint density at radius 2 is 1.73 bits per heavy atom. The van der Waals surface area contributed by atoms with Crippen molar-refractivity contribution >= 4 is 17.8 Å². The fourth-order valence-corrected chi connectivity index (χ4v) is 3.40. The number of carbonyl (C=O) groups excluding carboxylic acids is 1. The molecule has 0 bridgehead atoms. The SMILES string of the molecule is COc1cc(C(C)CCN[C@@H](CC(=O)O)C(=O)N[C@@H](Cc2ccccc2)C(=O)O)ccc1O. The molecule has 0 aliphatic carbocycles. The van der Waals surface area contributed by atoms with Crippen LogP contribution in [0.3, 0.4) is 0 Å². The van der Waals surface area contributed by atoms with E-state index in [1.54, 1.807) is 42.5 Å². The van der Waals surface area contributed by atoms with Crippen LogP contribution in [0.5, 0.6) is 11.5 Å². The van der Waals surface area contributed by atoms with Gasteiger partial charge < -0.3 is 30.7 Å². The van der Waals surface area contributed by atoms with E-state index in [2.05, 4.69) is 10.6 Å². The number of ether oxygens (including phenoxy) is 1. The van der Waals surface area contributed by atoms with Gasteiger partial charge in [-0.3, -0.25) is 9.59 Å². The Morgan fingerprint density at radius 3 is 2.33 bits per heavy atom. The van der Waals surface area contributed by atoms with Gasteiger partial charge in [-0.2, -0.15) is 0 Å². The van der Waals surface area contributed by atoms with Crippen LogP contribution in [0.2, 0.25) is 0 Å². The summed E-state index contributed by atoms with van der Waals surface area (Å²) < 4.78 is 5.12. The fourth-order valence-electron chi connectivity index (χ4n) is 3.40. The molecule has 0 aliphatic rings. The lowest BCUT2D eigenvalue weighted by molar-refractivity contribution is -0.143. The number of phenols is 1. The number of rotatable bonds is 13. The summed E-state index contributed by atoms with van der Waals surface area (Å²) in [4.78, 5) is 35.6. The molecule has 1 amide bonds. The second-order valence-corrected chi connectivity index (χ2v) is 7.81. The van der Waals surface area contributed by atoms with Crippen LogP contribution >= 0.6 is 0 Å². The standard InChI is InChI=1S/C24H30N2O7/c1-15(17-8-9-20(27)21(13-17)33-2)10-11-25-18(14-22(28)29)23(30)26-19(24(31)32)12-16-6-4-3-5-7-16/h3-9,13,15,18-19,25,27H,10-12,14H2,1-2H3,(H,26,30)(H,28,29)(H,31,32)/t15?,18-,19-/m0/s1. The van der Waals surface area contributed by atoms with Gasteiger partial charge in [-0.25, -0.2) is 4.79 Å². The van der Waals surface area contributed by atoms with Crippen LogP contribution in [0.4, 0.5) is 0 Å². The smallest absolute Gasteiger partial charge is 0.326 e. The molecule has 0 fully saturated rings. The van der Waals surface area contributed by atoms with Gasteiger partial charge in [-0.05, 0) is 42.1 Å². The number of amides is 1. The zero-order valence-corrected chi connectivity index (χ0v) is 18.7. The first-order valence-corrected chi connectivity index (χ1v) is 10.6. The molecular formula is C24H30N2O7. The highest BCUT2D eigenvalue weighted by molar-refractivity contribution is 5.89. The molecule has 2 aromatic rings. The second-order valence-electron chi connectivity index (χ2n) is 7.81.